The van der Waals surface area contributed by atoms with E-state index in [0.29, 0.717) is 17.5 Å². The number of alkyl halides is 1. The highest BCUT2D eigenvalue weighted by Crippen LogP contribution is 2.37. The zero-order chi connectivity index (χ0) is 24.5. The third kappa shape index (κ3) is 4.87. The molecular formula is C22H28BrNO9. The molecule has 2 aromatic rings. The molecule has 1 fully saturated rings. The standard InChI is InChI=1S/C22H28BrNO9/c1-10-13(31-21-17(27)16(26)19(29-5)22(3,4)33-21)7-6-12-15(25)14(20(28)32-18(10)12)11(2)24-30-9-8-23/h6-7,16-17,19,21,25-27H,8-9H2,1-5H3/b24-11+/t16-,17+,19+,21+/m0/s1. The van der Waals surface area contributed by atoms with Gasteiger partial charge in [-0.15, -0.1) is 0 Å². The Bertz CT molecular complexity index is 1100. The minimum Gasteiger partial charge on any atom is -0.506 e. The molecule has 10 nitrogen and oxygen atoms in total. The molecule has 4 atom stereocenters. The highest BCUT2D eigenvalue weighted by molar-refractivity contribution is 9.09. The van der Waals surface area contributed by atoms with Crippen molar-refractivity contribution < 1.29 is 38.8 Å². The third-order valence-electron chi connectivity index (χ3n) is 5.52. The second kappa shape index (κ2) is 9.98. The second-order valence-corrected chi connectivity index (χ2v) is 9.02. The number of methoxy groups -OCH3 is 1. The van der Waals surface area contributed by atoms with Gasteiger partial charge in [-0.25, -0.2) is 4.79 Å². The van der Waals surface area contributed by atoms with E-state index in [-0.39, 0.29) is 33.7 Å². The molecule has 3 N–H and O–H groups in total. The van der Waals surface area contributed by atoms with Crippen molar-refractivity contribution in [3.05, 3.63) is 33.7 Å². The van der Waals surface area contributed by atoms with E-state index in [2.05, 4.69) is 21.1 Å². The molecule has 1 aliphatic rings. The maximum atomic E-state index is 12.6. The van der Waals surface area contributed by atoms with Crippen molar-refractivity contribution in [3.8, 4) is 11.5 Å². The third-order valence-corrected chi connectivity index (χ3v) is 5.84. The number of hydrogen-bond donors (Lipinski definition) is 3. The minimum absolute atomic E-state index is 0.104. The number of oxime groups is 1. The highest BCUT2D eigenvalue weighted by atomic mass is 79.9. The average molecular weight is 530 g/mol. The number of fused-ring (bicyclic) bond motifs is 1. The largest absolute Gasteiger partial charge is 0.506 e. The molecule has 0 amide bonds. The van der Waals surface area contributed by atoms with Crippen LogP contribution in [0.3, 0.4) is 0 Å². The summed E-state index contributed by atoms with van der Waals surface area (Å²) in [6.45, 7) is 6.88. The van der Waals surface area contributed by atoms with Crippen molar-refractivity contribution in [3.63, 3.8) is 0 Å². The van der Waals surface area contributed by atoms with Crippen LogP contribution in [0, 0.1) is 6.92 Å². The van der Waals surface area contributed by atoms with Gasteiger partial charge in [0.2, 0.25) is 6.29 Å². The van der Waals surface area contributed by atoms with Crippen molar-refractivity contribution in [1.82, 2.24) is 0 Å². The summed E-state index contributed by atoms with van der Waals surface area (Å²) in [5, 5.41) is 36.3. The summed E-state index contributed by atoms with van der Waals surface area (Å²) in [5.74, 6) is -0.0557. The Balaban J connectivity index is 1.97. The van der Waals surface area contributed by atoms with Gasteiger partial charge in [0.25, 0.3) is 0 Å². The van der Waals surface area contributed by atoms with E-state index in [9.17, 15) is 20.1 Å². The van der Waals surface area contributed by atoms with Gasteiger partial charge in [0, 0.05) is 18.0 Å². The summed E-state index contributed by atoms with van der Waals surface area (Å²) < 4.78 is 22.4. The monoisotopic (exact) mass is 529 g/mol. The topological polar surface area (TPSA) is 140 Å². The number of nitrogens with zero attached hydrogens (tertiary/aromatic N) is 1. The lowest BCUT2D eigenvalue weighted by atomic mass is 9.89. The summed E-state index contributed by atoms with van der Waals surface area (Å²) in [7, 11) is 1.42. The lowest BCUT2D eigenvalue weighted by Gasteiger charge is -2.46. The zero-order valence-corrected chi connectivity index (χ0v) is 20.6. The fourth-order valence-corrected chi connectivity index (χ4v) is 4.01. The van der Waals surface area contributed by atoms with Crippen LogP contribution in [0.25, 0.3) is 11.0 Å². The number of ether oxygens (including phenoxy) is 3. The Kier molecular flexibility index (Phi) is 7.69. The molecule has 3 rings (SSSR count). The molecule has 1 aromatic carbocycles. The number of aliphatic hydroxyl groups excluding tert-OH is 2. The molecule has 0 bridgehead atoms. The number of aromatic hydroxyl groups is 1. The Hall–Kier alpha value is -2.18. The molecule has 0 radical (unpaired) electrons. The molecule has 33 heavy (non-hydrogen) atoms. The van der Waals surface area contributed by atoms with E-state index >= 15 is 0 Å². The predicted octanol–water partition coefficient (Wildman–Crippen LogP) is 2.19. The van der Waals surface area contributed by atoms with Crippen LogP contribution in [0.1, 0.15) is 31.9 Å². The number of aliphatic hydroxyl groups is 2. The van der Waals surface area contributed by atoms with Gasteiger partial charge < -0.3 is 38.8 Å². The van der Waals surface area contributed by atoms with Gasteiger partial charge in [0.05, 0.1) is 16.7 Å². The predicted molar refractivity (Wildman–Crippen MR) is 123 cm³/mol. The normalized spacial score (nSPS) is 25.3. The fraction of sp³-hybridized carbons (Fsp3) is 0.545. The molecule has 11 heteroatoms. The maximum Gasteiger partial charge on any atom is 0.349 e. The Labute approximate surface area is 198 Å². The van der Waals surface area contributed by atoms with Crippen LogP contribution in [0.5, 0.6) is 11.5 Å². The summed E-state index contributed by atoms with van der Waals surface area (Å²) in [4.78, 5) is 17.7. The Morgan fingerprint density at radius 3 is 2.61 bits per heavy atom. The van der Waals surface area contributed by atoms with Crippen molar-refractivity contribution in [2.45, 2.75) is 57.9 Å². The fourth-order valence-electron chi connectivity index (χ4n) is 3.87. The van der Waals surface area contributed by atoms with E-state index in [1.54, 1.807) is 26.8 Å². The smallest absolute Gasteiger partial charge is 0.349 e. The van der Waals surface area contributed by atoms with E-state index in [4.69, 9.17) is 23.5 Å². The van der Waals surface area contributed by atoms with Gasteiger partial charge in [-0.3, -0.25) is 0 Å². The van der Waals surface area contributed by atoms with Gasteiger partial charge in [0.15, 0.2) is 0 Å². The van der Waals surface area contributed by atoms with Crippen LogP contribution in [-0.4, -0.2) is 70.3 Å². The summed E-state index contributed by atoms with van der Waals surface area (Å²) in [5.41, 5.74) is -1.17. The van der Waals surface area contributed by atoms with Crippen molar-refractivity contribution >= 4 is 32.6 Å². The number of hydrogen-bond acceptors (Lipinski definition) is 10. The average Bonchev–Trinajstić information content (AvgIpc) is 2.74. The van der Waals surface area contributed by atoms with Gasteiger partial charge >= 0.3 is 5.63 Å². The first-order chi connectivity index (χ1) is 15.5. The van der Waals surface area contributed by atoms with Crippen LogP contribution in [0.15, 0.2) is 26.5 Å². The molecule has 1 aromatic heterocycles. The second-order valence-electron chi connectivity index (χ2n) is 8.22. The van der Waals surface area contributed by atoms with Crippen molar-refractivity contribution in [1.29, 1.82) is 0 Å². The van der Waals surface area contributed by atoms with Crippen LogP contribution in [-0.2, 0) is 14.3 Å². The Morgan fingerprint density at radius 2 is 1.97 bits per heavy atom. The van der Waals surface area contributed by atoms with E-state index in [1.807, 2.05) is 0 Å². The van der Waals surface area contributed by atoms with E-state index < -0.39 is 35.8 Å². The molecule has 1 saturated heterocycles. The molecule has 0 unspecified atom stereocenters. The van der Waals surface area contributed by atoms with Gasteiger partial charge in [-0.05, 0) is 39.8 Å². The number of halogens is 1. The lowest BCUT2D eigenvalue weighted by molar-refractivity contribution is -0.306. The molecule has 1 aliphatic heterocycles. The summed E-state index contributed by atoms with van der Waals surface area (Å²) in [6.07, 6.45) is -4.61. The number of rotatable bonds is 7. The molecular weight excluding hydrogens is 502 g/mol. The maximum absolute atomic E-state index is 12.6. The first-order valence-electron chi connectivity index (χ1n) is 10.3. The van der Waals surface area contributed by atoms with Crippen LogP contribution in [0.4, 0.5) is 0 Å². The molecule has 2 heterocycles. The van der Waals surface area contributed by atoms with Crippen molar-refractivity contribution in [2.75, 3.05) is 19.0 Å². The van der Waals surface area contributed by atoms with Gasteiger partial charge in [-0.1, -0.05) is 21.1 Å². The Morgan fingerprint density at radius 1 is 1.27 bits per heavy atom. The van der Waals surface area contributed by atoms with E-state index in [1.165, 1.54) is 20.1 Å². The molecule has 0 saturated carbocycles. The van der Waals surface area contributed by atoms with E-state index in [0.717, 1.165) is 0 Å². The molecule has 182 valence electrons. The van der Waals surface area contributed by atoms with Crippen LogP contribution >= 0.6 is 15.9 Å². The number of benzene rings is 1. The highest BCUT2D eigenvalue weighted by Gasteiger charge is 2.50. The minimum atomic E-state index is -1.39. The van der Waals surface area contributed by atoms with Gasteiger partial charge in [-0.2, -0.15) is 0 Å². The van der Waals surface area contributed by atoms with Crippen LogP contribution in [0.2, 0.25) is 0 Å². The van der Waals surface area contributed by atoms with Crippen molar-refractivity contribution in [2.24, 2.45) is 5.16 Å². The SMILES string of the molecule is CO[C@@H]1[C@@H](O)[C@@H](O)[C@H](Oc2ccc3c(O)c(/C(C)=N/OCCBr)c(=O)oc3c2C)OC1(C)C. The lowest BCUT2D eigenvalue weighted by Crippen LogP contribution is -2.63. The quantitative estimate of drug-likeness (QED) is 0.162. The first kappa shape index (κ1) is 25.4. The van der Waals surface area contributed by atoms with Gasteiger partial charge in [0.1, 0.15) is 47.6 Å². The summed E-state index contributed by atoms with van der Waals surface area (Å²) in [6, 6.07) is 3.06. The summed E-state index contributed by atoms with van der Waals surface area (Å²) >= 11 is 3.21. The molecule has 0 aliphatic carbocycles. The zero-order valence-electron chi connectivity index (χ0n) is 19.0. The number of aryl methyl sites for hydroxylation is 1. The molecule has 0 spiro atoms. The first-order valence-corrected chi connectivity index (χ1v) is 11.4. The van der Waals surface area contributed by atoms with Crippen LogP contribution < -0.4 is 10.4 Å².